The summed E-state index contributed by atoms with van der Waals surface area (Å²) in [5.41, 5.74) is 2.69. The fraction of sp³-hybridized carbons (Fsp3) is 0.548. The smallest absolute Gasteiger partial charge is 0.270 e. The van der Waals surface area contributed by atoms with Crippen molar-refractivity contribution < 1.29 is 14.3 Å². The van der Waals surface area contributed by atoms with Crippen molar-refractivity contribution in [2.45, 2.75) is 97.1 Å². The predicted molar refractivity (Wildman–Crippen MR) is 146 cm³/mol. The number of fused-ring (bicyclic) bond motifs is 1. The minimum atomic E-state index is -0.919. The van der Waals surface area contributed by atoms with Gasteiger partial charge in [0.1, 0.15) is 5.75 Å². The molecule has 2 aromatic rings. The van der Waals surface area contributed by atoms with Crippen molar-refractivity contribution in [2.24, 2.45) is 0 Å². The van der Waals surface area contributed by atoms with Gasteiger partial charge in [0.15, 0.2) is 5.60 Å². The first-order valence-electron chi connectivity index (χ1n) is 13.8. The SMILES string of the molecule is CCCCCN1C(=O)C(C)(C)Oc2cc(C)c(C(=O)N(CC)[C@H]3CCCC[C@H]3c3ccccc3)cc21. The van der Waals surface area contributed by atoms with Crippen molar-refractivity contribution in [3.8, 4) is 5.75 Å². The molecule has 1 aliphatic heterocycles. The van der Waals surface area contributed by atoms with Crippen LogP contribution >= 0.6 is 0 Å². The summed E-state index contributed by atoms with van der Waals surface area (Å²) in [4.78, 5) is 31.3. The van der Waals surface area contributed by atoms with Crippen LogP contribution in [0, 0.1) is 6.92 Å². The zero-order valence-corrected chi connectivity index (χ0v) is 22.7. The van der Waals surface area contributed by atoms with Gasteiger partial charge in [0, 0.05) is 30.6 Å². The molecule has 194 valence electrons. The number of unbranched alkanes of at least 4 members (excludes halogenated alkanes) is 2. The van der Waals surface area contributed by atoms with Gasteiger partial charge in [-0.25, -0.2) is 0 Å². The van der Waals surface area contributed by atoms with Gasteiger partial charge in [-0.2, -0.15) is 0 Å². The highest BCUT2D eigenvalue weighted by atomic mass is 16.5. The number of benzene rings is 2. The van der Waals surface area contributed by atoms with Crippen LogP contribution in [0.2, 0.25) is 0 Å². The minimum absolute atomic E-state index is 0.0443. The number of rotatable bonds is 8. The molecule has 2 atom stereocenters. The molecule has 4 rings (SSSR count). The highest BCUT2D eigenvalue weighted by Crippen LogP contribution is 2.41. The molecule has 1 fully saturated rings. The first kappa shape index (κ1) is 26.2. The van der Waals surface area contributed by atoms with Crippen LogP contribution in [0.4, 0.5) is 5.69 Å². The molecule has 0 spiro atoms. The molecule has 36 heavy (non-hydrogen) atoms. The number of aryl methyl sites for hydroxylation is 1. The summed E-state index contributed by atoms with van der Waals surface area (Å²) in [6, 6.07) is 14.7. The molecule has 0 unspecified atom stereocenters. The second kappa shape index (κ2) is 11.1. The van der Waals surface area contributed by atoms with Gasteiger partial charge in [-0.15, -0.1) is 0 Å². The van der Waals surface area contributed by atoms with Gasteiger partial charge >= 0.3 is 0 Å². The Hall–Kier alpha value is -2.82. The van der Waals surface area contributed by atoms with E-state index in [0.717, 1.165) is 49.8 Å². The van der Waals surface area contributed by atoms with Crippen LogP contribution in [0.25, 0.3) is 0 Å². The molecule has 0 aromatic heterocycles. The maximum absolute atomic E-state index is 14.1. The highest BCUT2D eigenvalue weighted by Gasteiger charge is 2.42. The Morgan fingerprint density at radius 3 is 2.50 bits per heavy atom. The van der Waals surface area contributed by atoms with Crippen molar-refractivity contribution >= 4 is 17.5 Å². The summed E-state index contributed by atoms with van der Waals surface area (Å²) in [7, 11) is 0. The number of ether oxygens (including phenoxy) is 1. The fourth-order valence-electron chi connectivity index (χ4n) is 5.94. The third-order valence-electron chi connectivity index (χ3n) is 7.90. The third-order valence-corrected chi connectivity index (χ3v) is 7.90. The van der Waals surface area contributed by atoms with Gasteiger partial charge in [0.2, 0.25) is 0 Å². The van der Waals surface area contributed by atoms with E-state index in [9.17, 15) is 9.59 Å². The van der Waals surface area contributed by atoms with E-state index < -0.39 is 5.60 Å². The van der Waals surface area contributed by atoms with Crippen LogP contribution in [0.3, 0.4) is 0 Å². The topological polar surface area (TPSA) is 49.9 Å². The Morgan fingerprint density at radius 1 is 1.08 bits per heavy atom. The Morgan fingerprint density at radius 2 is 1.81 bits per heavy atom. The molecule has 1 saturated carbocycles. The van der Waals surface area contributed by atoms with Gasteiger partial charge in [0.05, 0.1) is 5.69 Å². The number of hydrogen-bond donors (Lipinski definition) is 0. The first-order valence-corrected chi connectivity index (χ1v) is 13.8. The highest BCUT2D eigenvalue weighted by molar-refractivity contribution is 6.05. The normalized spacial score (nSPS) is 21.0. The predicted octanol–water partition coefficient (Wildman–Crippen LogP) is 6.88. The van der Waals surface area contributed by atoms with Crippen molar-refractivity contribution in [1.82, 2.24) is 4.90 Å². The lowest BCUT2D eigenvalue weighted by molar-refractivity contribution is -0.132. The Kier molecular flexibility index (Phi) is 8.07. The van der Waals surface area contributed by atoms with Crippen LogP contribution in [0.15, 0.2) is 42.5 Å². The second-order valence-electron chi connectivity index (χ2n) is 10.9. The maximum Gasteiger partial charge on any atom is 0.270 e. The Labute approximate surface area is 216 Å². The van der Waals surface area contributed by atoms with Crippen LogP contribution in [0.1, 0.15) is 100 Å². The zero-order chi connectivity index (χ0) is 25.9. The molecule has 2 aromatic carbocycles. The average Bonchev–Trinajstić information content (AvgIpc) is 2.87. The monoisotopic (exact) mass is 490 g/mol. The molecule has 5 heteroatoms. The molecule has 0 saturated heterocycles. The minimum Gasteiger partial charge on any atom is -0.476 e. The summed E-state index contributed by atoms with van der Waals surface area (Å²) in [5.74, 6) is 1.04. The fourth-order valence-corrected chi connectivity index (χ4v) is 5.94. The van der Waals surface area contributed by atoms with Crippen LogP contribution in [0.5, 0.6) is 5.75 Å². The molecule has 0 radical (unpaired) electrons. The number of likely N-dealkylation sites (N-methyl/N-ethyl adjacent to an activating group) is 1. The summed E-state index contributed by atoms with van der Waals surface area (Å²) < 4.78 is 6.15. The second-order valence-corrected chi connectivity index (χ2v) is 10.9. The zero-order valence-electron chi connectivity index (χ0n) is 22.7. The molecular weight excluding hydrogens is 448 g/mol. The maximum atomic E-state index is 14.1. The van der Waals surface area contributed by atoms with E-state index in [1.807, 2.05) is 37.8 Å². The van der Waals surface area contributed by atoms with Crippen molar-refractivity contribution in [3.63, 3.8) is 0 Å². The molecule has 5 nitrogen and oxygen atoms in total. The van der Waals surface area contributed by atoms with E-state index in [0.29, 0.717) is 30.3 Å². The number of anilines is 1. The lowest BCUT2D eigenvalue weighted by Gasteiger charge is -2.41. The van der Waals surface area contributed by atoms with E-state index in [1.165, 1.54) is 12.0 Å². The number of hydrogen-bond acceptors (Lipinski definition) is 3. The summed E-state index contributed by atoms with van der Waals surface area (Å²) >= 11 is 0. The van der Waals surface area contributed by atoms with Crippen LogP contribution in [-0.2, 0) is 4.79 Å². The summed E-state index contributed by atoms with van der Waals surface area (Å²) in [6.45, 7) is 11.2. The van der Waals surface area contributed by atoms with Crippen molar-refractivity contribution in [1.29, 1.82) is 0 Å². The molecule has 2 amide bonds. The van der Waals surface area contributed by atoms with E-state index in [-0.39, 0.29) is 17.9 Å². The van der Waals surface area contributed by atoms with Gasteiger partial charge in [-0.3, -0.25) is 9.59 Å². The van der Waals surface area contributed by atoms with Gasteiger partial charge in [0.25, 0.3) is 11.8 Å². The van der Waals surface area contributed by atoms with Crippen LogP contribution < -0.4 is 9.64 Å². The largest absolute Gasteiger partial charge is 0.476 e. The summed E-state index contributed by atoms with van der Waals surface area (Å²) in [5, 5.41) is 0. The molecular formula is C31H42N2O3. The molecule has 0 N–H and O–H groups in total. The summed E-state index contributed by atoms with van der Waals surface area (Å²) in [6.07, 6.45) is 7.53. The van der Waals surface area contributed by atoms with Gasteiger partial charge in [-0.05, 0) is 70.2 Å². The lowest BCUT2D eigenvalue weighted by Crippen LogP contribution is -2.53. The lowest BCUT2D eigenvalue weighted by atomic mass is 9.79. The number of amides is 2. The number of nitrogens with zero attached hydrogens (tertiary/aromatic N) is 2. The van der Waals surface area contributed by atoms with Crippen molar-refractivity contribution in [3.05, 3.63) is 59.2 Å². The number of carbonyl (C=O) groups is 2. The van der Waals surface area contributed by atoms with Crippen molar-refractivity contribution in [2.75, 3.05) is 18.0 Å². The molecule has 1 aliphatic carbocycles. The van der Waals surface area contributed by atoms with E-state index >= 15 is 0 Å². The van der Waals surface area contributed by atoms with E-state index in [1.54, 1.807) is 0 Å². The van der Waals surface area contributed by atoms with Gasteiger partial charge in [-0.1, -0.05) is 62.9 Å². The third kappa shape index (κ3) is 5.16. The quantitative estimate of drug-likeness (QED) is 0.379. The van der Waals surface area contributed by atoms with E-state index in [2.05, 4.69) is 49.1 Å². The van der Waals surface area contributed by atoms with Crippen LogP contribution in [-0.4, -0.2) is 41.4 Å². The molecule has 1 heterocycles. The average molecular weight is 491 g/mol. The first-order chi connectivity index (χ1) is 17.3. The standard InChI is InChI=1S/C31H42N2O3/c1-6-8-14-19-33-27-21-25(22(3)20-28(27)36-31(4,5)30(33)35)29(34)32(7-2)26-18-13-12-17-24(26)23-15-10-9-11-16-23/h9-11,15-16,20-21,24,26H,6-8,12-14,17-19H2,1-5H3/t24-,26-/m0/s1. The van der Waals surface area contributed by atoms with Gasteiger partial charge < -0.3 is 14.5 Å². The molecule has 2 aliphatic rings. The van der Waals surface area contributed by atoms with E-state index in [4.69, 9.17) is 4.74 Å². The molecule has 0 bridgehead atoms. The number of carbonyl (C=O) groups excluding carboxylic acids is 2. The Balaban J connectivity index is 1.69. The Bertz CT molecular complexity index is 1080.